The molecule has 4 rings (SSSR count). The molecule has 0 radical (unpaired) electrons. The number of ether oxygens (including phenoxy) is 1. The van der Waals surface area contributed by atoms with Crippen LogP contribution in [0.25, 0.3) is 16.7 Å². The Labute approximate surface area is 162 Å². The fraction of sp³-hybridized carbons (Fsp3) is 0.182. The van der Waals surface area contributed by atoms with E-state index in [0.29, 0.717) is 12.2 Å². The first-order valence-electron chi connectivity index (χ1n) is 8.80. The highest BCUT2D eigenvalue weighted by molar-refractivity contribution is 7.99. The number of aromatic nitrogens is 2. The van der Waals surface area contributed by atoms with Gasteiger partial charge in [-0.1, -0.05) is 29.8 Å². The summed E-state index contributed by atoms with van der Waals surface area (Å²) in [5, 5.41) is 10.6. The van der Waals surface area contributed by atoms with Crippen LogP contribution in [0.4, 0.5) is 0 Å². The smallest absolute Gasteiger partial charge is 0.157 e. The maximum atomic E-state index is 9.56. The Balaban J connectivity index is 1.61. The van der Waals surface area contributed by atoms with E-state index in [4.69, 9.17) is 4.74 Å². The van der Waals surface area contributed by atoms with E-state index in [9.17, 15) is 5.26 Å². The van der Waals surface area contributed by atoms with Gasteiger partial charge in [-0.2, -0.15) is 5.26 Å². The van der Waals surface area contributed by atoms with Crippen LogP contribution < -0.4 is 4.74 Å². The van der Waals surface area contributed by atoms with Crippen molar-refractivity contribution >= 4 is 28.4 Å². The van der Waals surface area contributed by atoms with Gasteiger partial charge in [-0.25, -0.2) is 4.98 Å². The van der Waals surface area contributed by atoms with Crippen LogP contribution in [0.2, 0.25) is 0 Å². The molecule has 2 aromatic heterocycles. The monoisotopic (exact) mass is 373 g/mol. The summed E-state index contributed by atoms with van der Waals surface area (Å²) >= 11 is 1.71. The van der Waals surface area contributed by atoms with Crippen LogP contribution >= 0.6 is 11.8 Å². The third-order valence-electron chi connectivity index (χ3n) is 4.47. The number of benzene rings is 2. The molecule has 134 valence electrons. The lowest BCUT2D eigenvalue weighted by Gasteiger charge is -2.10. The normalized spacial score (nSPS) is 11.0. The van der Waals surface area contributed by atoms with Crippen molar-refractivity contribution < 1.29 is 4.74 Å². The lowest BCUT2D eigenvalue weighted by atomic mass is 10.2. The number of rotatable bonds is 5. The summed E-state index contributed by atoms with van der Waals surface area (Å²) in [6.45, 7) is 4.64. The molecule has 0 aliphatic carbocycles. The molecule has 5 heteroatoms. The van der Waals surface area contributed by atoms with E-state index >= 15 is 0 Å². The molecule has 0 spiro atoms. The molecule has 0 fully saturated rings. The van der Waals surface area contributed by atoms with Crippen LogP contribution in [-0.2, 0) is 0 Å². The number of pyridine rings is 1. The van der Waals surface area contributed by atoms with E-state index in [2.05, 4.69) is 28.4 Å². The van der Waals surface area contributed by atoms with Crippen molar-refractivity contribution in [2.24, 2.45) is 0 Å². The predicted molar refractivity (Wildman–Crippen MR) is 110 cm³/mol. The Kier molecular flexibility index (Phi) is 4.74. The van der Waals surface area contributed by atoms with Crippen molar-refractivity contribution in [1.29, 1.82) is 5.26 Å². The lowest BCUT2D eigenvalue weighted by Crippen LogP contribution is -2.02. The molecule has 0 bridgehead atoms. The van der Waals surface area contributed by atoms with Crippen molar-refractivity contribution in [2.75, 3.05) is 12.4 Å². The minimum atomic E-state index is 0.612. The molecule has 4 aromatic rings. The number of hydrogen-bond donors (Lipinski definition) is 0. The van der Waals surface area contributed by atoms with E-state index in [1.807, 2.05) is 55.5 Å². The highest BCUT2D eigenvalue weighted by Gasteiger charge is 2.15. The van der Waals surface area contributed by atoms with E-state index in [-0.39, 0.29) is 0 Å². The van der Waals surface area contributed by atoms with Gasteiger partial charge in [-0.15, -0.1) is 11.8 Å². The average Bonchev–Trinajstić information content (AvgIpc) is 3.06. The van der Waals surface area contributed by atoms with Crippen LogP contribution in [0, 0.1) is 25.2 Å². The second-order valence-corrected chi connectivity index (χ2v) is 7.54. The Morgan fingerprint density at radius 3 is 2.67 bits per heavy atom. The standard InChI is InChI=1S/C22H19N3OS/c1-15-7-9-17(10-8-15)26-11-12-27-21-13-16(2)18(14-23)22-24-19-5-3-4-6-20(19)25(21)22/h3-10,13H,11-12H2,1-2H3. The summed E-state index contributed by atoms with van der Waals surface area (Å²) in [6, 6.07) is 20.4. The van der Waals surface area contributed by atoms with Crippen molar-refractivity contribution in [1.82, 2.24) is 9.38 Å². The van der Waals surface area contributed by atoms with Crippen LogP contribution in [-0.4, -0.2) is 21.7 Å². The molecule has 0 atom stereocenters. The minimum absolute atomic E-state index is 0.612. The summed E-state index contributed by atoms with van der Waals surface area (Å²) in [7, 11) is 0. The first-order chi connectivity index (χ1) is 13.2. The number of para-hydroxylation sites is 2. The van der Waals surface area contributed by atoms with Gasteiger partial charge in [0.05, 0.1) is 28.2 Å². The first kappa shape index (κ1) is 17.4. The van der Waals surface area contributed by atoms with Crippen LogP contribution in [0.1, 0.15) is 16.7 Å². The van der Waals surface area contributed by atoms with Crippen LogP contribution in [0.15, 0.2) is 59.6 Å². The molecule has 0 aliphatic heterocycles. The molecule has 0 saturated carbocycles. The van der Waals surface area contributed by atoms with Crippen LogP contribution in [0.3, 0.4) is 0 Å². The Bertz CT molecular complexity index is 1160. The Hall–Kier alpha value is -2.97. The molecule has 0 saturated heterocycles. The fourth-order valence-corrected chi connectivity index (χ4v) is 4.05. The lowest BCUT2D eigenvalue weighted by molar-refractivity contribution is 0.344. The second kappa shape index (κ2) is 7.34. The zero-order valence-electron chi connectivity index (χ0n) is 15.3. The molecule has 2 heterocycles. The first-order valence-corrected chi connectivity index (χ1v) is 9.79. The highest BCUT2D eigenvalue weighted by Crippen LogP contribution is 2.29. The molecule has 0 amide bonds. The zero-order valence-corrected chi connectivity index (χ0v) is 16.1. The van der Waals surface area contributed by atoms with Gasteiger partial charge in [0.15, 0.2) is 5.65 Å². The van der Waals surface area contributed by atoms with Gasteiger partial charge in [0.2, 0.25) is 0 Å². The number of nitrogens with zero attached hydrogens (tertiary/aromatic N) is 3. The number of nitriles is 1. The van der Waals surface area contributed by atoms with Crippen LogP contribution in [0.5, 0.6) is 5.75 Å². The van der Waals surface area contributed by atoms with Crippen molar-refractivity contribution in [3.63, 3.8) is 0 Å². The Morgan fingerprint density at radius 2 is 1.89 bits per heavy atom. The molecule has 4 nitrogen and oxygen atoms in total. The topological polar surface area (TPSA) is 50.3 Å². The van der Waals surface area contributed by atoms with Gasteiger partial charge in [0, 0.05) is 5.75 Å². The van der Waals surface area contributed by atoms with Gasteiger partial charge in [-0.05, 0) is 49.7 Å². The largest absolute Gasteiger partial charge is 0.493 e. The van der Waals surface area contributed by atoms with E-state index in [1.54, 1.807) is 11.8 Å². The second-order valence-electron chi connectivity index (χ2n) is 6.42. The number of hydrogen-bond acceptors (Lipinski definition) is 4. The average molecular weight is 373 g/mol. The van der Waals surface area contributed by atoms with Crippen molar-refractivity contribution in [3.8, 4) is 11.8 Å². The highest BCUT2D eigenvalue weighted by atomic mass is 32.2. The number of thioether (sulfide) groups is 1. The number of imidazole rings is 1. The minimum Gasteiger partial charge on any atom is -0.493 e. The van der Waals surface area contributed by atoms with Gasteiger partial charge < -0.3 is 4.74 Å². The number of fused-ring (bicyclic) bond motifs is 3. The van der Waals surface area contributed by atoms with E-state index in [1.165, 1.54) is 5.56 Å². The fourth-order valence-electron chi connectivity index (χ4n) is 3.10. The van der Waals surface area contributed by atoms with Gasteiger partial charge in [-0.3, -0.25) is 4.40 Å². The van der Waals surface area contributed by atoms with Gasteiger partial charge >= 0.3 is 0 Å². The van der Waals surface area contributed by atoms with Crippen molar-refractivity contribution in [2.45, 2.75) is 18.9 Å². The molecule has 27 heavy (non-hydrogen) atoms. The molecule has 0 aliphatic rings. The zero-order chi connectivity index (χ0) is 18.8. The predicted octanol–water partition coefficient (Wildman–Crippen LogP) is 5.15. The molecule has 0 unspecified atom stereocenters. The molecule has 0 N–H and O–H groups in total. The third-order valence-corrected chi connectivity index (χ3v) is 5.44. The quantitative estimate of drug-likeness (QED) is 0.359. The van der Waals surface area contributed by atoms with Gasteiger partial charge in [0.1, 0.15) is 11.8 Å². The summed E-state index contributed by atoms with van der Waals surface area (Å²) < 4.78 is 7.92. The summed E-state index contributed by atoms with van der Waals surface area (Å²) in [6.07, 6.45) is 0. The summed E-state index contributed by atoms with van der Waals surface area (Å²) in [5.41, 5.74) is 5.44. The molecule has 2 aromatic carbocycles. The summed E-state index contributed by atoms with van der Waals surface area (Å²) in [5.74, 6) is 1.69. The molecular formula is C22H19N3OS. The van der Waals surface area contributed by atoms with Gasteiger partial charge in [0.25, 0.3) is 0 Å². The third kappa shape index (κ3) is 3.36. The summed E-state index contributed by atoms with van der Waals surface area (Å²) in [4.78, 5) is 4.69. The maximum Gasteiger partial charge on any atom is 0.157 e. The Morgan fingerprint density at radius 1 is 1.11 bits per heavy atom. The molecular weight excluding hydrogens is 354 g/mol. The maximum absolute atomic E-state index is 9.56. The van der Waals surface area contributed by atoms with E-state index < -0.39 is 0 Å². The van der Waals surface area contributed by atoms with Crippen molar-refractivity contribution in [3.05, 3.63) is 71.3 Å². The number of aryl methyl sites for hydroxylation is 2. The SMILES string of the molecule is Cc1ccc(OCCSc2cc(C)c(C#N)c3nc4ccccc4n23)cc1. The van der Waals surface area contributed by atoms with E-state index in [0.717, 1.165) is 38.8 Å².